The molecule has 0 aliphatic heterocycles. The first-order valence-corrected chi connectivity index (χ1v) is 6.23. The number of nitrogens with zero attached hydrogens (tertiary/aromatic N) is 1. The average Bonchev–Trinajstić information content (AvgIpc) is 2.52. The molecular formula is C14H14BNO5. The van der Waals surface area contributed by atoms with Gasteiger partial charge in [-0.15, -0.1) is 0 Å². The summed E-state index contributed by atoms with van der Waals surface area (Å²) in [5.74, 6) is -0.505. The third kappa shape index (κ3) is 3.81. The maximum atomic E-state index is 11.5. The normalized spacial score (nSPS) is 10.0. The third-order valence-corrected chi connectivity index (χ3v) is 2.82. The van der Waals surface area contributed by atoms with E-state index >= 15 is 0 Å². The molecule has 0 saturated heterocycles. The third-order valence-electron chi connectivity index (χ3n) is 2.82. The summed E-state index contributed by atoms with van der Waals surface area (Å²) in [5.41, 5.74) is 0.918. The Bertz CT molecular complexity index is 618. The van der Waals surface area contributed by atoms with Crippen molar-refractivity contribution in [3.05, 3.63) is 53.7 Å². The highest BCUT2D eigenvalue weighted by atomic mass is 16.5. The average molecular weight is 287 g/mol. The van der Waals surface area contributed by atoms with Gasteiger partial charge in [-0.1, -0.05) is 30.3 Å². The van der Waals surface area contributed by atoms with Crippen LogP contribution in [-0.2, 0) is 11.3 Å². The molecule has 0 fully saturated rings. The van der Waals surface area contributed by atoms with Crippen molar-refractivity contribution in [2.45, 2.75) is 6.61 Å². The van der Waals surface area contributed by atoms with Crippen molar-refractivity contribution in [1.29, 1.82) is 0 Å². The summed E-state index contributed by atoms with van der Waals surface area (Å²) in [5, 5.41) is 18.6. The standard InChI is InChI=1S/C14H14BNO5/c1-20-14(17)11-8-16-13(7-12(11)15(18)19)21-9-10-5-3-2-4-6-10/h2-8,18-19H,9H2,1H3. The molecule has 2 aromatic rings. The van der Waals surface area contributed by atoms with E-state index in [0.717, 1.165) is 5.56 Å². The Hall–Kier alpha value is -2.38. The molecule has 0 atom stereocenters. The Morgan fingerprint density at radius 2 is 2.00 bits per heavy atom. The number of carbonyl (C=O) groups excluding carboxylic acids is 1. The van der Waals surface area contributed by atoms with Gasteiger partial charge in [-0.2, -0.15) is 0 Å². The topological polar surface area (TPSA) is 88.9 Å². The smallest absolute Gasteiger partial charge is 0.473 e. The van der Waals surface area contributed by atoms with Crippen molar-refractivity contribution in [3.63, 3.8) is 0 Å². The molecule has 0 aliphatic rings. The fourth-order valence-corrected chi connectivity index (χ4v) is 1.76. The number of ether oxygens (including phenoxy) is 2. The van der Waals surface area contributed by atoms with E-state index in [2.05, 4.69) is 9.72 Å². The Morgan fingerprint density at radius 1 is 1.29 bits per heavy atom. The fourth-order valence-electron chi connectivity index (χ4n) is 1.76. The van der Waals surface area contributed by atoms with Gasteiger partial charge < -0.3 is 19.5 Å². The van der Waals surface area contributed by atoms with Crippen molar-refractivity contribution in [2.75, 3.05) is 7.11 Å². The lowest BCUT2D eigenvalue weighted by Crippen LogP contribution is -2.35. The Balaban J connectivity index is 2.18. The maximum absolute atomic E-state index is 11.5. The van der Waals surface area contributed by atoms with Crippen molar-refractivity contribution in [1.82, 2.24) is 4.98 Å². The molecule has 0 bridgehead atoms. The van der Waals surface area contributed by atoms with E-state index in [9.17, 15) is 14.8 Å². The highest BCUT2D eigenvalue weighted by Crippen LogP contribution is 2.10. The lowest BCUT2D eigenvalue weighted by molar-refractivity contribution is 0.0601. The van der Waals surface area contributed by atoms with E-state index in [1.54, 1.807) is 0 Å². The first-order valence-electron chi connectivity index (χ1n) is 6.23. The predicted octanol–water partition coefficient (Wildman–Crippen LogP) is 0.127. The van der Waals surface area contributed by atoms with Crippen LogP contribution < -0.4 is 10.2 Å². The molecule has 6 nitrogen and oxygen atoms in total. The number of rotatable bonds is 5. The molecule has 0 amide bonds. The van der Waals surface area contributed by atoms with Gasteiger partial charge in [0.15, 0.2) is 0 Å². The molecule has 2 N–H and O–H groups in total. The van der Waals surface area contributed by atoms with Crippen LogP contribution in [0.25, 0.3) is 0 Å². The zero-order valence-corrected chi connectivity index (χ0v) is 11.4. The number of carbonyl (C=O) groups is 1. The fraction of sp³-hybridized carbons (Fsp3) is 0.143. The van der Waals surface area contributed by atoms with Crippen molar-refractivity contribution in [3.8, 4) is 5.88 Å². The molecule has 0 radical (unpaired) electrons. The molecule has 1 aromatic carbocycles. The quantitative estimate of drug-likeness (QED) is 0.600. The van der Waals surface area contributed by atoms with Gasteiger partial charge in [-0.05, 0) is 5.56 Å². The molecular weight excluding hydrogens is 273 g/mol. The number of hydrogen-bond donors (Lipinski definition) is 2. The molecule has 0 unspecified atom stereocenters. The summed E-state index contributed by atoms with van der Waals surface area (Å²) < 4.78 is 10.0. The van der Waals surface area contributed by atoms with Crippen LogP contribution in [0.3, 0.4) is 0 Å². The van der Waals surface area contributed by atoms with Gasteiger partial charge in [0, 0.05) is 17.7 Å². The van der Waals surface area contributed by atoms with E-state index in [4.69, 9.17) is 4.74 Å². The molecule has 0 saturated carbocycles. The van der Waals surface area contributed by atoms with Gasteiger partial charge in [0.25, 0.3) is 0 Å². The summed E-state index contributed by atoms with van der Waals surface area (Å²) >= 11 is 0. The van der Waals surface area contributed by atoms with Crippen LogP contribution in [0.4, 0.5) is 0 Å². The molecule has 7 heteroatoms. The second kappa shape index (κ2) is 6.87. The largest absolute Gasteiger partial charge is 0.489 e. The lowest BCUT2D eigenvalue weighted by atomic mass is 9.78. The predicted molar refractivity (Wildman–Crippen MR) is 76.2 cm³/mol. The molecule has 108 valence electrons. The number of aromatic nitrogens is 1. The second-order valence-corrected chi connectivity index (χ2v) is 4.25. The summed E-state index contributed by atoms with van der Waals surface area (Å²) in [6.07, 6.45) is 1.20. The number of hydrogen-bond acceptors (Lipinski definition) is 6. The zero-order chi connectivity index (χ0) is 15.2. The van der Waals surface area contributed by atoms with Crippen molar-refractivity contribution < 1.29 is 24.3 Å². The molecule has 2 rings (SSSR count). The van der Waals surface area contributed by atoms with Gasteiger partial charge in [-0.3, -0.25) is 0 Å². The number of pyridine rings is 1. The minimum atomic E-state index is -1.82. The second-order valence-electron chi connectivity index (χ2n) is 4.25. The number of esters is 1. The van der Waals surface area contributed by atoms with Gasteiger partial charge in [0.05, 0.1) is 12.7 Å². The minimum Gasteiger partial charge on any atom is -0.473 e. The summed E-state index contributed by atoms with van der Waals surface area (Å²) in [6.45, 7) is 0.284. The SMILES string of the molecule is COC(=O)c1cnc(OCc2ccccc2)cc1B(O)O. The van der Waals surface area contributed by atoms with E-state index < -0.39 is 13.1 Å². The lowest BCUT2D eigenvalue weighted by Gasteiger charge is -2.10. The number of methoxy groups -OCH3 is 1. The molecule has 0 aliphatic carbocycles. The number of benzene rings is 1. The first kappa shape index (κ1) is 15.0. The zero-order valence-electron chi connectivity index (χ0n) is 11.4. The van der Waals surface area contributed by atoms with Gasteiger partial charge >= 0.3 is 13.1 Å². The Morgan fingerprint density at radius 3 is 2.62 bits per heavy atom. The van der Waals surface area contributed by atoms with E-state index in [-0.39, 0.29) is 23.5 Å². The minimum absolute atomic E-state index is 0.0140. The van der Waals surface area contributed by atoms with E-state index in [1.807, 2.05) is 30.3 Å². The first-order chi connectivity index (χ1) is 10.1. The molecule has 0 spiro atoms. The van der Waals surface area contributed by atoms with Crippen LogP contribution >= 0.6 is 0 Å². The summed E-state index contributed by atoms with van der Waals surface area (Å²) in [7, 11) is -0.614. The summed E-state index contributed by atoms with van der Waals surface area (Å²) in [6, 6.07) is 10.8. The van der Waals surface area contributed by atoms with Gasteiger partial charge in [-0.25, -0.2) is 9.78 Å². The van der Waals surface area contributed by atoms with E-state index in [0.29, 0.717) is 0 Å². The highest BCUT2D eigenvalue weighted by Gasteiger charge is 2.22. The van der Waals surface area contributed by atoms with Crippen LogP contribution in [0.5, 0.6) is 5.88 Å². The monoisotopic (exact) mass is 287 g/mol. The van der Waals surface area contributed by atoms with Crippen LogP contribution in [0.1, 0.15) is 15.9 Å². The molecule has 1 heterocycles. The van der Waals surface area contributed by atoms with Crippen LogP contribution in [0.15, 0.2) is 42.6 Å². The van der Waals surface area contributed by atoms with Gasteiger partial charge in [0.1, 0.15) is 6.61 Å². The maximum Gasteiger partial charge on any atom is 0.489 e. The Labute approximate surface area is 122 Å². The highest BCUT2D eigenvalue weighted by molar-refractivity contribution is 6.60. The van der Waals surface area contributed by atoms with Crippen molar-refractivity contribution in [2.24, 2.45) is 0 Å². The molecule has 1 aromatic heterocycles. The Kier molecular flexibility index (Phi) is 4.92. The van der Waals surface area contributed by atoms with Crippen LogP contribution in [0.2, 0.25) is 0 Å². The summed E-state index contributed by atoms with van der Waals surface area (Å²) in [4.78, 5) is 15.5. The van der Waals surface area contributed by atoms with Crippen LogP contribution in [-0.4, -0.2) is 35.2 Å². The van der Waals surface area contributed by atoms with E-state index in [1.165, 1.54) is 19.4 Å². The van der Waals surface area contributed by atoms with Crippen molar-refractivity contribution >= 4 is 18.6 Å². The van der Waals surface area contributed by atoms with Gasteiger partial charge in [0.2, 0.25) is 5.88 Å². The molecule has 21 heavy (non-hydrogen) atoms. The van der Waals surface area contributed by atoms with Crippen LogP contribution in [0, 0.1) is 0 Å².